The van der Waals surface area contributed by atoms with Gasteiger partial charge < -0.3 is 19.1 Å². The number of carbonyl (C=O) groups excluding carboxylic acids is 1. The van der Waals surface area contributed by atoms with Crippen molar-refractivity contribution in [2.75, 3.05) is 78.1 Å². The predicted octanol–water partition coefficient (Wildman–Crippen LogP) is 6.70. The Kier molecular flexibility index (Phi) is 13.6. The smallest absolute Gasteiger partial charge is 0.264 e. The minimum atomic E-state index is -3.91. The molecule has 0 radical (unpaired) electrons. The lowest BCUT2D eigenvalue weighted by atomic mass is 9.63. The lowest BCUT2D eigenvalue weighted by Crippen LogP contribution is -2.59. The van der Waals surface area contributed by atoms with E-state index in [-0.39, 0.29) is 24.0 Å². The van der Waals surface area contributed by atoms with E-state index in [2.05, 4.69) is 64.5 Å². The molecule has 2 aliphatic heterocycles. The van der Waals surface area contributed by atoms with Crippen LogP contribution in [0.4, 0.5) is 5.69 Å². The van der Waals surface area contributed by atoms with Crippen LogP contribution in [0.2, 0.25) is 5.02 Å². The highest BCUT2D eigenvalue weighted by Crippen LogP contribution is 2.49. The van der Waals surface area contributed by atoms with E-state index in [0.29, 0.717) is 36.8 Å². The Hall–Kier alpha value is -2.67. The minimum absolute atomic E-state index is 0.282. The molecule has 1 amide bonds. The van der Waals surface area contributed by atoms with E-state index in [1.807, 2.05) is 25.3 Å². The summed E-state index contributed by atoms with van der Waals surface area (Å²) >= 11 is 6.52. The van der Waals surface area contributed by atoms with E-state index in [4.69, 9.17) is 25.8 Å². The number of amides is 1. The molecule has 1 N–H and O–H groups in total. The largest absolute Gasteiger partial charge is 0.490 e. The molecule has 6 rings (SSSR count). The maximum absolute atomic E-state index is 13.6. The van der Waals surface area contributed by atoms with E-state index in [1.54, 1.807) is 13.0 Å². The first-order chi connectivity index (χ1) is 26.3. The summed E-state index contributed by atoms with van der Waals surface area (Å²) in [5, 5.41) is -0.0409. The standard InChI is InChI=1S/C43H63ClN4O6S/c1-7-8-19-43(53-6,29-46-20-22-47(23-21-46)31(2)3)38-14-11-35(38)27-48-28-42(18-9-10-33-25-36(44)13-15-37(33)42)30-54-40-16-12-34(26-39(40)48)41(49)45-55(50,51)32(4)17-24-52-5/h8,12-13,15-16,19,25-26,31-32,35,38H,7,9-11,14,17-18,20-24,27-30H2,1-6H3,(H,45,49)/b19-8+/t32-,35-,38+,42-,43-/m0/s1. The molecular formula is C43H63ClN4O6S. The van der Waals surface area contributed by atoms with Gasteiger partial charge in [0.05, 0.1) is 17.5 Å². The summed E-state index contributed by atoms with van der Waals surface area (Å²) in [6.07, 6.45) is 11.0. The fraction of sp³-hybridized carbons (Fsp3) is 0.651. The predicted molar refractivity (Wildman–Crippen MR) is 221 cm³/mol. The summed E-state index contributed by atoms with van der Waals surface area (Å²) in [5.41, 5.74) is 2.94. The molecule has 2 heterocycles. The van der Waals surface area contributed by atoms with Crippen molar-refractivity contribution in [3.63, 3.8) is 0 Å². The summed E-state index contributed by atoms with van der Waals surface area (Å²) < 4.78 is 47.0. The number of carbonyl (C=O) groups is 1. The molecule has 4 aliphatic rings. The van der Waals surface area contributed by atoms with Crippen LogP contribution >= 0.6 is 11.6 Å². The monoisotopic (exact) mass is 798 g/mol. The van der Waals surface area contributed by atoms with E-state index in [1.165, 1.54) is 18.2 Å². The fourth-order valence-electron chi connectivity index (χ4n) is 9.38. The number of ether oxygens (including phenoxy) is 3. The van der Waals surface area contributed by atoms with Gasteiger partial charge in [-0.2, -0.15) is 0 Å². The number of hydrogen-bond donors (Lipinski definition) is 1. The van der Waals surface area contributed by atoms with Gasteiger partial charge in [0.15, 0.2) is 0 Å². The van der Waals surface area contributed by atoms with Crippen molar-refractivity contribution >= 4 is 33.2 Å². The fourth-order valence-corrected chi connectivity index (χ4v) is 10.6. The Morgan fingerprint density at radius 3 is 2.56 bits per heavy atom. The summed E-state index contributed by atoms with van der Waals surface area (Å²) in [6, 6.07) is 12.1. The second kappa shape index (κ2) is 17.9. The number of piperazine rings is 1. The zero-order chi connectivity index (χ0) is 39.4. The molecule has 0 bridgehead atoms. The van der Waals surface area contributed by atoms with Gasteiger partial charge in [-0.3, -0.25) is 14.6 Å². The number of aryl methyl sites for hydroxylation is 1. The van der Waals surface area contributed by atoms with Crippen molar-refractivity contribution in [2.24, 2.45) is 11.8 Å². The Morgan fingerprint density at radius 2 is 1.89 bits per heavy atom. The van der Waals surface area contributed by atoms with Gasteiger partial charge in [-0.15, -0.1) is 0 Å². The number of fused-ring (bicyclic) bond motifs is 3. The highest BCUT2D eigenvalue weighted by Gasteiger charge is 2.50. The van der Waals surface area contributed by atoms with Gasteiger partial charge in [0.25, 0.3) is 5.91 Å². The van der Waals surface area contributed by atoms with Crippen LogP contribution in [0.3, 0.4) is 0 Å². The van der Waals surface area contributed by atoms with Gasteiger partial charge >= 0.3 is 0 Å². The van der Waals surface area contributed by atoms with Gasteiger partial charge in [-0.05, 0) is 119 Å². The Labute approximate surface area is 334 Å². The molecule has 2 aliphatic carbocycles. The molecule has 12 heteroatoms. The second-order valence-electron chi connectivity index (χ2n) is 16.7. The van der Waals surface area contributed by atoms with Crippen molar-refractivity contribution in [1.29, 1.82) is 0 Å². The van der Waals surface area contributed by atoms with E-state index < -0.39 is 26.8 Å². The molecule has 0 unspecified atom stereocenters. The van der Waals surface area contributed by atoms with Gasteiger partial charge in [0.2, 0.25) is 10.0 Å². The molecule has 10 nitrogen and oxygen atoms in total. The second-order valence-corrected chi connectivity index (χ2v) is 19.2. The topological polar surface area (TPSA) is 101 Å². The van der Waals surface area contributed by atoms with Crippen LogP contribution in [-0.2, 0) is 31.3 Å². The molecule has 1 saturated heterocycles. The highest BCUT2D eigenvalue weighted by molar-refractivity contribution is 7.90. The maximum atomic E-state index is 13.6. The van der Waals surface area contributed by atoms with Crippen LogP contribution in [0.25, 0.3) is 0 Å². The zero-order valence-corrected chi connectivity index (χ0v) is 35.4. The number of methoxy groups -OCH3 is 2. The molecule has 55 heavy (non-hydrogen) atoms. The van der Waals surface area contributed by atoms with Crippen LogP contribution in [0, 0.1) is 11.8 Å². The Bertz CT molecular complexity index is 1780. The lowest BCUT2D eigenvalue weighted by Gasteiger charge is -2.52. The summed E-state index contributed by atoms with van der Waals surface area (Å²) in [7, 11) is -0.501. The van der Waals surface area contributed by atoms with Gasteiger partial charge in [0, 0.05) is 88.7 Å². The molecule has 2 fully saturated rings. The average Bonchev–Trinajstić information content (AvgIpc) is 3.31. The van der Waals surface area contributed by atoms with Crippen molar-refractivity contribution in [3.05, 3.63) is 70.3 Å². The molecule has 304 valence electrons. The number of rotatable bonds is 15. The third-order valence-electron chi connectivity index (χ3n) is 12.9. The van der Waals surface area contributed by atoms with E-state index >= 15 is 0 Å². The molecule has 2 aromatic rings. The SMILES string of the molecule is CC/C=C/[C@@](CN1CCN(C(C)C)CC1)(OC)[C@@H]1CC[C@H]1CN1C[C@@]2(CCCc3cc(Cl)ccc32)COc2ccc(C(=O)NS(=O)(=O)[C@@H](C)CCOC)cc21. The van der Waals surface area contributed by atoms with Crippen molar-refractivity contribution in [1.82, 2.24) is 14.5 Å². The lowest BCUT2D eigenvalue weighted by molar-refractivity contribution is -0.0960. The molecular weight excluding hydrogens is 736 g/mol. The average molecular weight is 800 g/mol. The van der Waals surface area contributed by atoms with Crippen molar-refractivity contribution < 1.29 is 27.4 Å². The zero-order valence-electron chi connectivity index (χ0n) is 33.8. The Morgan fingerprint density at radius 1 is 1.11 bits per heavy atom. The van der Waals surface area contributed by atoms with Gasteiger partial charge in [-0.1, -0.05) is 36.7 Å². The van der Waals surface area contributed by atoms with Crippen molar-refractivity contribution in [3.8, 4) is 5.75 Å². The van der Waals surface area contributed by atoms with Crippen molar-refractivity contribution in [2.45, 2.75) is 94.9 Å². The Balaban J connectivity index is 1.32. The highest BCUT2D eigenvalue weighted by atomic mass is 35.5. The van der Waals surface area contributed by atoms with Gasteiger partial charge in [0.1, 0.15) is 11.4 Å². The van der Waals surface area contributed by atoms with Crippen LogP contribution in [-0.4, -0.2) is 114 Å². The van der Waals surface area contributed by atoms with E-state index in [9.17, 15) is 13.2 Å². The first-order valence-electron chi connectivity index (χ1n) is 20.4. The number of nitrogens with one attached hydrogen (secondary N) is 1. The normalized spacial score (nSPS) is 25.1. The first kappa shape index (κ1) is 41.9. The summed E-state index contributed by atoms with van der Waals surface area (Å²) in [4.78, 5) is 21.2. The number of halogens is 1. The van der Waals surface area contributed by atoms with Crippen LogP contribution in [0.1, 0.15) is 87.7 Å². The first-order valence-corrected chi connectivity index (χ1v) is 22.3. The van der Waals surface area contributed by atoms with Gasteiger partial charge in [-0.25, -0.2) is 13.1 Å². The summed E-state index contributed by atoms with van der Waals surface area (Å²) in [6.45, 7) is 15.6. The number of sulfonamides is 1. The van der Waals surface area contributed by atoms with Crippen LogP contribution < -0.4 is 14.4 Å². The third kappa shape index (κ3) is 9.23. The summed E-state index contributed by atoms with van der Waals surface area (Å²) in [5.74, 6) is 0.684. The van der Waals surface area contributed by atoms with Crippen LogP contribution in [0.5, 0.6) is 5.75 Å². The molecule has 2 aromatic carbocycles. The van der Waals surface area contributed by atoms with E-state index in [0.717, 1.165) is 88.5 Å². The third-order valence-corrected chi connectivity index (χ3v) is 14.9. The number of benzene rings is 2. The molecule has 0 aromatic heterocycles. The quantitative estimate of drug-likeness (QED) is 0.198. The number of allylic oxidation sites excluding steroid dienone is 1. The maximum Gasteiger partial charge on any atom is 0.264 e. The number of hydrogen-bond acceptors (Lipinski definition) is 9. The molecule has 1 saturated carbocycles. The molecule has 1 spiro atoms. The molecule has 5 atom stereocenters. The minimum Gasteiger partial charge on any atom is -0.490 e. The number of anilines is 1. The van der Waals surface area contributed by atoms with Crippen LogP contribution in [0.15, 0.2) is 48.6 Å². The number of nitrogens with zero attached hydrogens (tertiary/aromatic N) is 3.